The van der Waals surface area contributed by atoms with Crippen LogP contribution in [0.25, 0.3) is 0 Å². The molecule has 0 radical (unpaired) electrons. The second kappa shape index (κ2) is 4.92. The van der Waals surface area contributed by atoms with Gasteiger partial charge in [0.15, 0.2) is 0 Å². The van der Waals surface area contributed by atoms with E-state index in [1.165, 1.54) is 0 Å². The summed E-state index contributed by atoms with van der Waals surface area (Å²) in [5, 5.41) is 0.816. The molecule has 0 heterocycles. The quantitative estimate of drug-likeness (QED) is 0.802. The lowest BCUT2D eigenvalue weighted by atomic mass is 10.3. The summed E-state index contributed by atoms with van der Waals surface area (Å²) < 4.78 is 5.42. The highest BCUT2D eigenvalue weighted by Crippen LogP contribution is 2.32. The molecular formula is C12H11O2P. The van der Waals surface area contributed by atoms with Crippen LogP contribution < -0.4 is 9.83 Å². The van der Waals surface area contributed by atoms with Crippen molar-refractivity contribution in [2.24, 2.45) is 0 Å². The molecular weight excluding hydrogens is 207 g/mol. The summed E-state index contributed by atoms with van der Waals surface area (Å²) in [6, 6.07) is 18.7. The monoisotopic (exact) mass is 218 g/mol. The minimum Gasteiger partial charge on any atom is -0.444 e. The molecule has 2 aromatic carbocycles. The second-order valence-electron chi connectivity index (χ2n) is 3.01. The summed E-state index contributed by atoms with van der Waals surface area (Å²) >= 11 is 0. The molecule has 0 aromatic heterocycles. The van der Waals surface area contributed by atoms with Gasteiger partial charge in [-0.05, 0) is 24.3 Å². The van der Waals surface area contributed by atoms with Gasteiger partial charge in [0.25, 0.3) is 8.38 Å². The third-order valence-corrected chi connectivity index (χ3v) is 3.04. The third-order valence-electron chi connectivity index (χ3n) is 1.91. The predicted octanol–water partition coefficient (Wildman–Crippen LogP) is 2.70. The van der Waals surface area contributed by atoms with Crippen molar-refractivity contribution >= 4 is 13.7 Å². The Kier molecular flexibility index (Phi) is 3.33. The average molecular weight is 218 g/mol. The zero-order valence-corrected chi connectivity index (χ0v) is 8.97. The first kappa shape index (κ1) is 10.2. The van der Waals surface area contributed by atoms with Crippen LogP contribution in [0.5, 0.6) is 5.75 Å². The van der Waals surface area contributed by atoms with E-state index in [2.05, 4.69) is 0 Å². The highest BCUT2D eigenvalue weighted by molar-refractivity contribution is 7.55. The molecule has 0 spiro atoms. The summed E-state index contributed by atoms with van der Waals surface area (Å²) in [5.74, 6) is 0.690. The van der Waals surface area contributed by atoms with E-state index in [1.54, 1.807) is 0 Å². The molecule has 0 aliphatic carbocycles. The summed E-state index contributed by atoms with van der Waals surface area (Å²) in [6.45, 7) is 0. The number of benzene rings is 2. The highest BCUT2D eigenvalue weighted by Gasteiger charge is 2.09. The molecule has 0 unspecified atom stereocenters. The summed E-state index contributed by atoms with van der Waals surface area (Å²) in [4.78, 5) is 9.82. The molecule has 0 saturated heterocycles. The van der Waals surface area contributed by atoms with Crippen LogP contribution in [-0.4, -0.2) is 4.89 Å². The van der Waals surface area contributed by atoms with Crippen LogP contribution in [0, 0.1) is 0 Å². The van der Waals surface area contributed by atoms with E-state index in [-0.39, 0.29) is 0 Å². The van der Waals surface area contributed by atoms with Crippen LogP contribution in [0.15, 0.2) is 60.7 Å². The van der Waals surface area contributed by atoms with Crippen LogP contribution in [0.3, 0.4) is 0 Å². The Morgan fingerprint density at radius 3 is 1.93 bits per heavy atom. The molecule has 2 aromatic rings. The van der Waals surface area contributed by atoms with Crippen LogP contribution >= 0.6 is 8.38 Å². The molecule has 15 heavy (non-hydrogen) atoms. The first-order valence-corrected chi connectivity index (χ1v) is 5.84. The van der Waals surface area contributed by atoms with E-state index in [0.717, 1.165) is 5.30 Å². The van der Waals surface area contributed by atoms with E-state index < -0.39 is 8.38 Å². The van der Waals surface area contributed by atoms with Crippen molar-refractivity contribution in [2.75, 3.05) is 0 Å². The first-order valence-electron chi connectivity index (χ1n) is 4.63. The van der Waals surface area contributed by atoms with Gasteiger partial charge < -0.3 is 9.42 Å². The topological polar surface area (TPSA) is 29.5 Å². The largest absolute Gasteiger partial charge is 0.444 e. The van der Waals surface area contributed by atoms with Crippen molar-refractivity contribution < 1.29 is 9.42 Å². The standard InChI is InChI=1S/C12H11O2P/c13-15(12-9-5-2-6-10-12)14-11-7-3-1-4-8-11/h1-10,13H/t15-/m0/s1. The Morgan fingerprint density at radius 1 is 0.800 bits per heavy atom. The van der Waals surface area contributed by atoms with Gasteiger partial charge in [0.05, 0.1) is 0 Å². The molecule has 76 valence electrons. The predicted molar refractivity (Wildman–Crippen MR) is 62.3 cm³/mol. The zero-order chi connectivity index (χ0) is 10.5. The Morgan fingerprint density at radius 2 is 1.33 bits per heavy atom. The first-order chi connectivity index (χ1) is 7.36. The number of rotatable bonds is 3. The van der Waals surface area contributed by atoms with Crippen molar-refractivity contribution in [1.82, 2.24) is 0 Å². The third kappa shape index (κ3) is 2.79. The van der Waals surface area contributed by atoms with Crippen molar-refractivity contribution in [3.8, 4) is 5.75 Å². The maximum atomic E-state index is 9.82. The summed E-state index contributed by atoms with van der Waals surface area (Å²) in [7, 11) is -1.55. The molecule has 2 nitrogen and oxygen atoms in total. The lowest BCUT2D eigenvalue weighted by molar-refractivity contribution is 0.499. The van der Waals surface area contributed by atoms with Crippen molar-refractivity contribution in [3.05, 3.63) is 60.7 Å². The fraction of sp³-hybridized carbons (Fsp3) is 0. The van der Waals surface area contributed by atoms with Crippen LogP contribution in [0.1, 0.15) is 0 Å². The van der Waals surface area contributed by atoms with Gasteiger partial charge in [0.1, 0.15) is 5.75 Å². The molecule has 3 heteroatoms. The van der Waals surface area contributed by atoms with Gasteiger partial charge in [-0.15, -0.1) is 0 Å². The molecule has 0 fully saturated rings. The fourth-order valence-corrected chi connectivity index (χ4v) is 2.04. The normalized spacial score (nSPS) is 12.1. The van der Waals surface area contributed by atoms with E-state index in [0.29, 0.717) is 5.75 Å². The van der Waals surface area contributed by atoms with Gasteiger partial charge in [0.2, 0.25) is 0 Å². The van der Waals surface area contributed by atoms with E-state index >= 15 is 0 Å². The Hall–Kier alpha value is -1.37. The molecule has 2 rings (SSSR count). The Balaban J connectivity index is 2.08. The molecule has 0 aliphatic heterocycles. The minimum absolute atomic E-state index is 0.690. The summed E-state index contributed by atoms with van der Waals surface area (Å²) in [5.41, 5.74) is 0. The van der Waals surface area contributed by atoms with Crippen molar-refractivity contribution in [3.63, 3.8) is 0 Å². The molecule has 0 amide bonds. The van der Waals surface area contributed by atoms with Gasteiger partial charge in [-0.25, -0.2) is 0 Å². The van der Waals surface area contributed by atoms with Crippen LogP contribution in [0.2, 0.25) is 0 Å². The zero-order valence-electron chi connectivity index (χ0n) is 8.08. The second-order valence-corrected chi connectivity index (χ2v) is 4.26. The molecule has 0 bridgehead atoms. The van der Waals surface area contributed by atoms with Gasteiger partial charge in [-0.3, -0.25) is 0 Å². The van der Waals surface area contributed by atoms with Crippen LogP contribution in [0.4, 0.5) is 0 Å². The molecule has 1 atom stereocenters. The smallest absolute Gasteiger partial charge is 0.262 e. The highest BCUT2D eigenvalue weighted by atomic mass is 31.2. The van der Waals surface area contributed by atoms with E-state index in [4.69, 9.17) is 4.52 Å². The molecule has 0 aliphatic rings. The average Bonchev–Trinajstić information content (AvgIpc) is 2.31. The van der Waals surface area contributed by atoms with Gasteiger partial charge >= 0.3 is 0 Å². The summed E-state index contributed by atoms with van der Waals surface area (Å²) in [6.07, 6.45) is 0. The van der Waals surface area contributed by atoms with Gasteiger partial charge in [-0.1, -0.05) is 36.4 Å². The number of hydrogen-bond acceptors (Lipinski definition) is 2. The maximum Gasteiger partial charge on any atom is 0.262 e. The Labute approximate surface area is 90.1 Å². The van der Waals surface area contributed by atoms with E-state index in [9.17, 15) is 4.89 Å². The fourth-order valence-electron chi connectivity index (χ4n) is 1.19. The lowest BCUT2D eigenvalue weighted by Gasteiger charge is -2.11. The van der Waals surface area contributed by atoms with Crippen molar-refractivity contribution in [1.29, 1.82) is 0 Å². The Bertz CT molecular complexity index is 402. The number of hydrogen-bond donors (Lipinski definition) is 1. The van der Waals surface area contributed by atoms with Gasteiger partial charge in [-0.2, -0.15) is 0 Å². The van der Waals surface area contributed by atoms with Gasteiger partial charge in [0, 0.05) is 5.30 Å². The van der Waals surface area contributed by atoms with E-state index in [1.807, 2.05) is 60.7 Å². The van der Waals surface area contributed by atoms with Crippen LogP contribution in [-0.2, 0) is 0 Å². The SMILES string of the molecule is O[P@@](Oc1ccccc1)c1ccccc1. The van der Waals surface area contributed by atoms with Crippen molar-refractivity contribution in [2.45, 2.75) is 0 Å². The maximum absolute atomic E-state index is 9.82. The number of para-hydroxylation sites is 1. The molecule has 1 N–H and O–H groups in total. The lowest BCUT2D eigenvalue weighted by Crippen LogP contribution is -2.03. The molecule has 0 saturated carbocycles. The minimum atomic E-state index is -1.55.